The number of nitrogens with one attached hydrogen (secondary N) is 1. The lowest BCUT2D eigenvalue weighted by Gasteiger charge is -2.13. The normalized spacial score (nSPS) is 10.3. The first-order valence-corrected chi connectivity index (χ1v) is 5.74. The van der Waals surface area contributed by atoms with Crippen molar-refractivity contribution in [3.8, 4) is 0 Å². The van der Waals surface area contributed by atoms with E-state index in [0.717, 1.165) is 12.1 Å². The maximum absolute atomic E-state index is 13.8. The maximum atomic E-state index is 13.8. The molecule has 0 saturated heterocycles. The van der Waals surface area contributed by atoms with Gasteiger partial charge in [0.2, 0.25) is 0 Å². The van der Waals surface area contributed by atoms with E-state index < -0.39 is 17.6 Å². The molecule has 0 aromatic heterocycles. The molecule has 0 amide bonds. The number of para-hydroxylation sites is 1. The lowest BCUT2D eigenvalue weighted by molar-refractivity contribution is 0.0698. The van der Waals surface area contributed by atoms with E-state index in [1.165, 1.54) is 12.1 Å². The highest BCUT2D eigenvalue weighted by molar-refractivity contribution is 5.95. The number of halogens is 2. The molecule has 0 aliphatic heterocycles. The maximum Gasteiger partial charge on any atom is 0.337 e. The van der Waals surface area contributed by atoms with Gasteiger partial charge in [-0.2, -0.15) is 0 Å². The van der Waals surface area contributed by atoms with Crippen molar-refractivity contribution in [1.29, 1.82) is 0 Å². The molecule has 104 valence electrons. The van der Waals surface area contributed by atoms with Crippen LogP contribution in [0.4, 0.5) is 25.8 Å². The lowest BCUT2D eigenvalue weighted by atomic mass is 10.1. The number of aromatic carboxylic acids is 1. The number of hydrogen-bond donors (Lipinski definition) is 3. The van der Waals surface area contributed by atoms with Gasteiger partial charge in [-0.15, -0.1) is 0 Å². The number of nitrogen functional groups attached to an aromatic ring is 1. The van der Waals surface area contributed by atoms with Crippen LogP contribution in [0.25, 0.3) is 0 Å². The predicted molar refractivity (Wildman–Crippen MR) is 72.2 cm³/mol. The lowest BCUT2D eigenvalue weighted by Crippen LogP contribution is -2.06. The van der Waals surface area contributed by atoms with E-state index >= 15 is 0 Å². The van der Waals surface area contributed by atoms with Crippen molar-refractivity contribution in [2.75, 3.05) is 11.1 Å². The third kappa shape index (κ3) is 2.54. The number of hydrogen-bond acceptors (Lipinski definition) is 3. The first kappa shape index (κ1) is 13.8. The fraction of sp³-hybridized carbons (Fsp3) is 0.0714. The molecule has 0 radical (unpaired) electrons. The highest BCUT2D eigenvalue weighted by atomic mass is 19.1. The Labute approximate surface area is 113 Å². The summed E-state index contributed by atoms with van der Waals surface area (Å²) < 4.78 is 27.5. The Balaban J connectivity index is 2.49. The Bertz CT molecular complexity index is 667. The van der Waals surface area contributed by atoms with Gasteiger partial charge in [0.05, 0.1) is 16.9 Å². The minimum absolute atomic E-state index is 0.0903. The molecule has 0 spiro atoms. The molecule has 0 aliphatic rings. The first-order valence-electron chi connectivity index (χ1n) is 5.74. The highest BCUT2D eigenvalue weighted by Crippen LogP contribution is 2.28. The molecule has 0 aliphatic carbocycles. The molecule has 0 unspecified atom stereocenters. The Morgan fingerprint density at radius 1 is 1.25 bits per heavy atom. The second-order valence-electron chi connectivity index (χ2n) is 4.28. The predicted octanol–water partition coefficient (Wildman–Crippen LogP) is 3.30. The number of carbonyl (C=O) groups is 1. The molecule has 4 nitrogen and oxygen atoms in total. The Hall–Kier alpha value is -2.63. The van der Waals surface area contributed by atoms with Crippen LogP contribution < -0.4 is 11.1 Å². The smallest absolute Gasteiger partial charge is 0.337 e. The number of aryl methyl sites for hydroxylation is 1. The molecule has 0 bridgehead atoms. The van der Waals surface area contributed by atoms with Gasteiger partial charge in [0.15, 0.2) is 0 Å². The van der Waals surface area contributed by atoms with E-state index in [0.29, 0.717) is 5.56 Å². The average Bonchev–Trinajstić information content (AvgIpc) is 2.35. The van der Waals surface area contributed by atoms with E-state index in [2.05, 4.69) is 5.32 Å². The molecule has 0 atom stereocenters. The third-order valence-corrected chi connectivity index (χ3v) is 2.85. The molecule has 2 aromatic carbocycles. The first-order chi connectivity index (χ1) is 9.40. The van der Waals surface area contributed by atoms with Crippen LogP contribution in [0.15, 0.2) is 30.3 Å². The van der Waals surface area contributed by atoms with Crippen molar-refractivity contribution >= 4 is 23.0 Å². The van der Waals surface area contributed by atoms with E-state index in [1.54, 1.807) is 13.0 Å². The number of anilines is 3. The summed E-state index contributed by atoms with van der Waals surface area (Å²) in [5.41, 5.74) is 5.49. The van der Waals surface area contributed by atoms with Gasteiger partial charge in [-0.25, -0.2) is 13.6 Å². The van der Waals surface area contributed by atoms with Gasteiger partial charge >= 0.3 is 5.97 Å². The van der Waals surface area contributed by atoms with Gasteiger partial charge in [-0.3, -0.25) is 0 Å². The second kappa shape index (κ2) is 5.16. The SMILES string of the molecule is Cc1cccc(F)c1Nc1cc(C(=O)O)c(N)cc1F. The monoisotopic (exact) mass is 278 g/mol. The zero-order valence-electron chi connectivity index (χ0n) is 10.6. The molecular formula is C14H12F2N2O2. The van der Waals surface area contributed by atoms with Gasteiger partial charge in [0, 0.05) is 5.69 Å². The van der Waals surface area contributed by atoms with Crippen molar-refractivity contribution < 1.29 is 18.7 Å². The number of benzene rings is 2. The van der Waals surface area contributed by atoms with Crippen LogP contribution in [-0.2, 0) is 0 Å². The average molecular weight is 278 g/mol. The van der Waals surface area contributed by atoms with Crippen molar-refractivity contribution in [3.63, 3.8) is 0 Å². The van der Waals surface area contributed by atoms with Crippen LogP contribution in [-0.4, -0.2) is 11.1 Å². The number of carboxylic acids is 1. The summed E-state index contributed by atoms with van der Waals surface area (Å²) in [5, 5.41) is 11.5. The van der Waals surface area contributed by atoms with Gasteiger partial charge in [-0.1, -0.05) is 12.1 Å². The fourth-order valence-electron chi connectivity index (χ4n) is 1.79. The molecule has 2 rings (SSSR count). The zero-order valence-corrected chi connectivity index (χ0v) is 10.6. The van der Waals surface area contributed by atoms with E-state index in [4.69, 9.17) is 10.8 Å². The van der Waals surface area contributed by atoms with Crippen molar-refractivity contribution in [3.05, 3.63) is 53.1 Å². The van der Waals surface area contributed by atoms with E-state index in [9.17, 15) is 13.6 Å². The summed E-state index contributed by atoms with van der Waals surface area (Å²) in [5.74, 6) is -2.59. The number of carboxylic acid groups (broad SMARTS) is 1. The third-order valence-electron chi connectivity index (χ3n) is 2.85. The van der Waals surface area contributed by atoms with Crippen LogP contribution in [0.1, 0.15) is 15.9 Å². The summed E-state index contributed by atoms with van der Waals surface area (Å²) in [6.45, 7) is 1.65. The quantitative estimate of drug-likeness (QED) is 0.753. The zero-order chi connectivity index (χ0) is 14.9. The molecule has 20 heavy (non-hydrogen) atoms. The molecule has 0 fully saturated rings. The van der Waals surface area contributed by atoms with Crippen LogP contribution in [0.2, 0.25) is 0 Å². The summed E-state index contributed by atoms with van der Waals surface area (Å²) in [6.07, 6.45) is 0. The van der Waals surface area contributed by atoms with Gasteiger partial charge in [-0.05, 0) is 30.7 Å². The van der Waals surface area contributed by atoms with Gasteiger partial charge in [0.1, 0.15) is 11.6 Å². The summed E-state index contributed by atoms with van der Waals surface area (Å²) in [4.78, 5) is 11.0. The van der Waals surface area contributed by atoms with Crippen LogP contribution >= 0.6 is 0 Å². The van der Waals surface area contributed by atoms with Crippen molar-refractivity contribution in [2.24, 2.45) is 0 Å². The van der Waals surface area contributed by atoms with E-state index in [-0.39, 0.29) is 22.6 Å². The standard InChI is InChI=1S/C14H12F2N2O2/c1-7-3-2-4-9(15)13(7)18-12-5-8(14(19)20)11(17)6-10(12)16/h2-6,18H,17H2,1H3,(H,19,20). The van der Waals surface area contributed by atoms with Crippen molar-refractivity contribution in [1.82, 2.24) is 0 Å². The molecular weight excluding hydrogens is 266 g/mol. The van der Waals surface area contributed by atoms with E-state index in [1.807, 2.05) is 0 Å². The Morgan fingerprint density at radius 3 is 2.55 bits per heavy atom. The molecule has 6 heteroatoms. The Kier molecular flexibility index (Phi) is 3.56. The largest absolute Gasteiger partial charge is 0.478 e. The number of nitrogens with two attached hydrogens (primary N) is 1. The highest BCUT2D eigenvalue weighted by Gasteiger charge is 2.15. The molecule has 0 saturated carbocycles. The molecule has 2 aromatic rings. The summed E-state index contributed by atoms with van der Waals surface area (Å²) >= 11 is 0. The number of rotatable bonds is 3. The van der Waals surface area contributed by atoms with Gasteiger partial charge in [0.25, 0.3) is 0 Å². The topological polar surface area (TPSA) is 75.3 Å². The van der Waals surface area contributed by atoms with Gasteiger partial charge < -0.3 is 16.2 Å². The molecule has 0 heterocycles. The van der Waals surface area contributed by atoms with Crippen molar-refractivity contribution in [2.45, 2.75) is 6.92 Å². The minimum Gasteiger partial charge on any atom is -0.478 e. The summed E-state index contributed by atoms with van der Waals surface area (Å²) in [6, 6.07) is 6.33. The Morgan fingerprint density at radius 2 is 1.95 bits per heavy atom. The van der Waals surface area contributed by atoms with Crippen LogP contribution in [0.3, 0.4) is 0 Å². The fourth-order valence-corrected chi connectivity index (χ4v) is 1.79. The second-order valence-corrected chi connectivity index (χ2v) is 4.28. The van der Waals surface area contributed by atoms with Crippen LogP contribution in [0.5, 0.6) is 0 Å². The minimum atomic E-state index is -1.28. The summed E-state index contributed by atoms with van der Waals surface area (Å²) in [7, 11) is 0. The molecule has 4 N–H and O–H groups in total. The van der Waals surface area contributed by atoms with Crippen LogP contribution in [0, 0.1) is 18.6 Å².